The zero-order valence-electron chi connectivity index (χ0n) is 12.1. The van der Waals surface area contributed by atoms with Gasteiger partial charge in [-0.25, -0.2) is 0 Å². The summed E-state index contributed by atoms with van der Waals surface area (Å²) in [6.45, 7) is 6.97. The lowest BCUT2D eigenvalue weighted by Crippen LogP contribution is -2.33. The van der Waals surface area contributed by atoms with Gasteiger partial charge in [-0.05, 0) is 45.2 Å². The molecule has 0 spiro atoms. The van der Waals surface area contributed by atoms with Crippen molar-refractivity contribution in [2.24, 2.45) is 5.92 Å². The highest BCUT2D eigenvalue weighted by Gasteiger charge is 2.24. The third-order valence-corrected chi connectivity index (χ3v) is 3.55. The summed E-state index contributed by atoms with van der Waals surface area (Å²) in [4.78, 5) is 12.4. The fraction of sp³-hybridized carbons (Fsp3) is 0.562. The predicted octanol–water partition coefficient (Wildman–Crippen LogP) is 3.35. The molecule has 104 valence electrons. The van der Waals surface area contributed by atoms with Crippen LogP contribution in [-0.4, -0.2) is 18.5 Å². The fourth-order valence-corrected chi connectivity index (χ4v) is 2.40. The summed E-state index contributed by atoms with van der Waals surface area (Å²) in [6.07, 6.45) is 3.76. The minimum atomic E-state index is 0.0350. The smallest absolute Gasteiger partial charge is 0.253 e. The Morgan fingerprint density at radius 2 is 2.16 bits per heavy atom. The summed E-state index contributed by atoms with van der Waals surface area (Å²) >= 11 is 0. The molecule has 1 amide bonds. The normalized spacial score (nSPS) is 15.9. The first kappa shape index (κ1) is 13.9. The molecule has 19 heavy (non-hydrogen) atoms. The summed E-state index contributed by atoms with van der Waals surface area (Å²) in [7, 11) is 0. The highest BCUT2D eigenvalue weighted by Crippen LogP contribution is 2.33. The van der Waals surface area contributed by atoms with E-state index < -0.39 is 0 Å². The Labute approximate surface area is 115 Å². The van der Waals surface area contributed by atoms with Crippen molar-refractivity contribution in [1.82, 2.24) is 5.32 Å². The van der Waals surface area contributed by atoms with E-state index in [0.29, 0.717) is 0 Å². The van der Waals surface area contributed by atoms with Crippen molar-refractivity contribution in [2.45, 2.75) is 46.1 Å². The summed E-state index contributed by atoms with van der Waals surface area (Å²) in [5.74, 6) is 0.869. The Kier molecular flexibility index (Phi) is 4.46. The molecule has 0 bridgehead atoms. The second kappa shape index (κ2) is 6.09. The first-order valence-corrected chi connectivity index (χ1v) is 7.25. The van der Waals surface area contributed by atoms with Crippen molar-refractivity contribution in [2.75, 3.05) is 11.9 Å². The summed E-state index contributed by atoms with van der Waals surface area (Å²) in [6, 6.07) is 6.23. The van der Waals surface area contributed by atoms with E-state index in [-0.39, 0.29) is 11.9 Å². The van der Waals surface area contributed by atoms with E-state index in [2.05, 4.69) is 17.6 Å². The molecule has 3 heteroatoms. The lowest BCUT2D eigenvalue weighted by molar-refractivity contribution is 0.0938. The molecule has 1 fully saturated rings. The van der Waals surface area contributed by atoms with Crippen LogP contribution in [0, 0.1) is 12.8 Å². The average Bonchev–Trinajstić information content (AvgIpc) is 3.15. The van der Waals surface area contributed by atoms with Gasteiger partial charge in [0.25, 0.3) is 5.91 Å². The average molecular weight is 260 g/mol. The van der Waals surface area contributed by atoms with Crippen molar-refractivity contribution < 1.29 is 4.79 Å². The topological polar surface area (TPSA) is 41.1 Å². The van der Waals surface area contributed by atoms with Crippen molar-refractivity contribution in [3.8, 4) is 0 Å². The standard InChI is InChI=1S/C16H24N2O/c1-4-17-15-8-5-11(2)9-14(15)16(19)18-12(3)10-13-6-7-13/h5,8-9,12-13,17H,4,6-7,10H2,1-3H3,(H,18,19). The highest BCUT2D eigenvalue weighted by molar-refractivity contribution is 6.00. The van der Waals surface area contributed by atoms with Gasteiger partial charge in [-0.3, -0.25) is 4.79 Å². The van der Waals surface area contributed by atoms with Crippen LogP contribution in [0.15, 0.2) is 18.2 Å². The Hall–Kier alpha value is -1.51. The fourth-order valence-electron chi connectivity index (χ4n) is 2.40. The number of amides is 1. The van der Waals surface area contributed by atoms with Crippen LogP contribution in [0.5, 0.6) is 0 Å². The zero-order valence-corrected chi connectivity index (χ0v) is 12.1. The summed E-state index contributed by atoms with van der Waals surface area (Å²) < 4.78 is 0. The van der Waals surface area contributed by atoms with E-state index in [1.54, 1.807) is 0 Å². The van der Waals surface area contributed by atoms with Crippen LogP contribution in [0.1, 0.15) is 49.0 Å². The molecule has 0 saturated heterocycles. The van der Waals surface area contributed by atoms with E-state index in [4.69, 9.17) is 0 Å². The number of carbonyl (C=O) groups is 1. The molecular weight excluding hydrogens is 236 g/mol. The lowest BCUT2D eigenvalue weighted by atomic mass is 10.1. The van der Waals surface area contributed by atoms with Gasteiger partial charge < -0.3 is 10.6 Å². The van der Waals surface area contributed by atoms with Crippen LogP contribution in [-0.2, 0) is 0 Å². The molecule has 2 rings (SSSR count). The van der Waals surface area contributed by atoms with Crippen LogP contribution in [0.25, 0.3) is 0 Å². The van der Waals surface area contributed by atoms with Crippen LogP contribution >= 0.6 is 0 Å². The number of hydrogen-bond acceptors (Lipinski definition) is 2. The van der Waals surface area contributed by atoms with E-state index >= 15 is 0 Å². The van der Waals surface area contributed by atoms with Crippen LogP contribution < -0.4 is 10.6 Å². The Bertz CT molecular complexity index is 452. The van der Waals surface area contributed by atoms with E-state index in [1.807, 2.05) is 32.0 Å². The minimum Gasteiger partial charge on any atom is -0.385 e. The number of carbonyl (C=O) groups excluding carboxylic acids is 1. The maximum absolute atomic E-state index is 12.4. The van der Waals surface area contributed by atoms with Gasteiger partial charge in [0.15, 0.2) is 0 Å². The third kappa shape index (κ3) is 3.98. The maximum Gasteiger partial charge on any atom is 0.253 e. The van der Waals surface area contributed by atoms with E-state index in [0.717, 1.165) is 35.7 Å². The molecule has 1 aromatic carbocycles. The molecule has 1 saturated carbocycles. The number of hydrogen-bond donors (Lipinski definition) is 2. The summed E-state index contributed by atoms with van der Waals surface area (Å²) in [5.41, 5.74) is 2.79. The predicted molar refractivity (Wildman–Crippen MR) is 79.6 cm³/mol. The number of benzene rings is 1. The molecule has 1 aliphatic carbocycles. The van der Waals surface area contributed by atoms with Gasteiger partial charge >= 0.3 is 0 Å². The van der Waals surface area contributed by atoms with E-state index in [9.17, 15) is 4.79 Å². The van der Waals surface area contributed by atoms with Crippen LogP contribution in [0.4, 0.5) is 5.69 Å². The molecule has 2 N–H and O–H groups in total. The largest absolute Gasteiger partial charge is 0.385 e. The molecule has 3 nitrogen and oxygen atoms in total. The monoisotopic (exact) mass is 260 g/mol. The number of rotatable bonds is 6. The van der Waals surface area contributed by atoms with E-state index in [1.165, 1.54) is 12.8 Å². The molecule has 1 unspecified atom stereocenters. The van der Waals surface area contributed by atoms with Gasteiger partial charge in [0, 0.05) is 18.3 Å². The second-order valence-corrected chi connectivity index (χ2v) is 5.63. The third-order valence-electron chi connectivity index (χ3n) is 3.55. The molecule has 0 heterocycles. The van der Waals surface area contributed by atoms with Gasteiger partial charge in [-0.1, -0.05) is 24.5 Å². The molecule has 0 aromatic heterocycles. The van der Waals surface area contributed by atoms with Crippen molar-refractivity contribution in [3.05, 3.63) is 29.3 Å². The van der Waals surface area contributed by atoms with Crippen molar-refractivity contribution >= 4 is 11.6 Å². The Morgan fingerprint density at radius 1 is 1.42 bits per heavy atom. The second-order valence-electron chi connectivity index (χ2n) is 5.63. The SMILES string of the molecule is CCNc1ccc(C)cc1C(=O)NC(C)CC1CC1. The molecule has 1 aromatic rings. The molecule has 1 atom stereocenters. The number of nitrogens with one attached hydrogen (secondary N) is 2. The minimum absolute atomic E-state index is 0.0350. The number of aryl methyl sites for hydroxylation is 1. The Morgan fingerprint density at radius 3 is 2.79 bits per heavy atom. The lowest BCUT2D eigenvalue weighted by Gasteiger charge is -2.16. The number of anilines is 1. The zero-order chi connectivity index (χ0) is 13.8. The van der Waals surface area contributed by atoms with Gasteiger partial charge in [-0.2, -0.15) is 0 Å². The maximum atomic E-state index is 12.4. The summed E-state index contributed by atoms with van der Waals surface area (Å²) in [5, 5.41) is 6.36. The van der Waals surface area contributed by atoms with Gasteiger partial charge in [0.05, 0.1) is 5.56 Å². The van der Waals surface area contributed by atoms with Gasteiger partial charge in [0.1, 0.15) is 0 Å². The van der Waals surface area contributed by atoms with Gasteiger partial charge in [-0.15, -0.1) is 0 Å². The molecular formula is C16H24N2O. The van der Waals surface area contributed by atoms with Crippen molar-refractivity contribution in [3.63, 3.8) is 0 Å². The molecule has 0 radical (unpaired) electrons. The first-order valence-electron chi connectivity index (χ1n) is 7.25. The molecule has 0 aliphatic heterocycles. The van der Waals surface area contributed by atoms with Gasteiger partial charge in [0.2, 0.25) is 0 Å². The van der Waals surface area contributed by atoms with Crippen LogP contribution in [0.2, 0.25) is 0 Å². The Balaban J connectivity index is 2.05. The molecule has 1 aliphatic rings. The first-order chi connectivity index (χ1) is 9.10. The van der Waals surface area contributed by atoms with Crippen LogP contribution in [0.3, 0.4) is 0 Å². The van der Waals surface area contributed by atoms with Crippen molar-refractivity contribution in [1.29, 1.82) is 0 Å². The quantitative estimate of drug-likeness (QED) is 0.823. The highest BCUT2D eigenvalue weighted by atomic mass is 16.1.